The molecule has 0 atom stereocenters. The van der Waals surface area contributed by atoms with E-state index < -0.39 is 0 Å². The van der Waals surface area contributed by atoms with E-state index in [0.717, 1.165) is 11.4 Å². The van der Waals surface area contributed by atoms with Gasteiger partial charge in [-0.3, -0.25) is 0 Å². The highest BCUT2D eigenvalue weighted by atomic mass is 32.1. The van der Waals surface area contributed by atoms with Crippen molar-refractivity contribution in [2.24, 2.45) is 0 Å². The Bertz CT molecular complexity index is 2880. The minimum absolute atomic E-state index is 1.12. The Kier molecular flexibility index (Phi) is 7.41. The summed E-state index contributed by atoms with van der Waals surface area (Å²) in [5.74, 6) is 0. The summed E-state index contributed by atoms with van der Waals surface area (Å²) in [6.07, 6.45) is 0. The predicted molar refractivity (Wildman–Crippen MR) is 225 cm³/mol. The molecule has 0 amide bonds. The van der Waals surface area contributed by atoms with Crippen LogP contribution in [0.1, 0.15) is 0 Å². The van der Waals surface area contributed by atoms with Crippen LogP contribution in [0.3, 0.4) is 0 Å². The Hall–Kier alpha value is -6.48. The number of fused-ring (bicyclic) bond motifs is 6. The van der Waals surface area contributed by atoms with Gasteiger partial charge >= 0.3 is 0 Å². The molecule has 0 bridgehead atoms. The predicted octanol–water partition coefficient (Wildman–Crippen LogP) is 14.8. The molecule has 0 fully saturated rings. The molecule has 1 aromatic heterocycles. The smallest absolute Gasteiger partial charge is 0.0555 e. The summed E-state index contributed by atoms with van der Waals surface area (Å²) in [4.78, 5) is 2.46. The maximum Gasteiger partial charge on any atom is 0.0555 e. The molecule has 0 radical (unpaired) electrons. The van der Waals surface area contributed by atoms with Gasteiger partial charge in [0.15, 0.2) is 0 Å². The largest absolute Gasteiger partial charge is 0.309 e. The van der Waals surface area contributed by atoms with E-state index in [0.29, 0.717) is 0 Å². The number of hydrogen-bond acceptors (Lipinski definition) is 2. The molecular weight excluding hydrogens is 647 g/mol. The third kappa shape index (κ3) is 5.07. The lowest BCUT2D eigenvalue weighted by Crippen LogP contribution is -2.11. The number of thiophene rings is 1. The SMILES string of the molecule is c1ccc(-c2ccc(-c3ccccc3N(c3ccccc3)c3cccc4sc5c6ccccc6c(-c6cccc7ccccc67)cc5c34)cc2)cc1. The zero-order chi connectivity index (χ0) is 34.4. The standard InChI is InChI=1S/C50H33NS/c1-3-15-34(16-4-1)35-29-31-37(32-30-35)40-22-11-12-26-46(40)51(38-19-5-2-6-20-38)47-27-14-28-48-49(47)45-33-44(42-23-9-10-24-43(42)50(45)52-48)41-25-13-18-36-17-7-8-21-39(36)41/h1-33H. The monoisotopic (exact) mass is 679 g/mol. The van der Waals surface area contributed by atoms with E-state index in [1.54, 1.807) is 0 Å². The van der Waals surface area contributed by atoms with Crippen molar-refractivity contribution in [2.45, 2.75) is 0 Å². The second-order valence-corrected chi connectivity index (χ2v) is 14.3. The number of nitrogens with zero attached hydrogens (tertiary/aromatic N) is 1. The maximum absolute atomic E-state index is 2.46. The van der Waals surface area contributed by atoms with Gasteiger partial charge in [0.25, 0.3) is 0 Å². The Balaban J connectivity index is 1.23. The molecule has 0 saturated carbocycles. The van der Waals surface area contributed by atoms with Crippen LogP contribution in [-0.4, -0.2) is 0 Å². The molecule has 0 aliphatic rings. The molecule has 52 heavy (non-hydrogen) atoms. The number of para-hydroxylation sites is 2. The minimum Gasteiger partial charge on any atom is -0.309 e. The van der Waals surface area contributed by atoms with Gasteiger partial charge in [0.2, 0.25) is 0 Å². The van der Waals surface area contributed by atoms with Crippen LogP contribution >= 0.6 is 11.3 Å². The van der Waals surface area contributed by atoms with Crippen LogP contribution in [0.15, 0.2) is 200 Å². The third-order valence-corrected chi connectivity index (χ3v) is 11.5. The highest BCUT2D eigenvalue weighted by Crippen LogP contribution is 2.50. The molecule has 0 spiro atoms. The van der Waals surface area contributed by atoms with Crippen LogP contribution in [0.4, 0.5) is 17.1 Å². The van der Waals surface area contributed by atoms with Crippen molar-refractivity contribution in [1.29, 1.82) is 0 Å². The normalized spacial score (nSPS) is 11.5. The molecule has 244 valence electrons. The van der Waals surface area contributed by atoms with Gasteiger partial charge in [-0.2, -0.15) is 0 Å². The zero-order valence-electron chi connectivity index (χ0n) is 28.4. The van der Waals surface area contributed by atoms with Crippen LogP contribution in [0, 0.1) is 0 Å². The summed E-state index contributed by atoms with van der Waals surface area (Å²) < 4.78 is 2.60. The molecule has 2 heteroatoms. The average molecular weight is 680 g/mol. The molecule has 1 heterocycles. The van der Waals surface area contributed by atoms with Crippen LogP contribution in [-0.2, 0) is 0 Å². The lowest BCUT2D eigenvalue weighted by atomic mass is 9.92. The quantitative estimate of drug-likeness (QED) is 0.169. The summed E-state index contributed by atoms with van der Waals surface area (Å²) in [5.41, 5.74) is 10.8. The van der Waals surface area contributed by atoms with Crippen molar-refractivity contribution in [1.82, 2.24) is 0 Å². The first kappa shape index (κ1) is 30.4. The van der Waals surface area contributed by atoms with Gasteiger partial charge in [0.1, 0.15) is 0 Å². The fraction of sp³-hybridized carbons (Fsp3) is 0. The van der Waals surface area contributed by atoms with Crippen molar-refractivity contribution in [3.63, 3.8) is 0 Å². The van der Waals surface area contributed by atoms with E-state index in [2.05, 4.69) is 205 Å². The summed E-state index contributed by atoms with van der Waals surface area (Å²) in [7, 11) is 0. The van der Waals surface area contributed by atoms with Crippen LogP contribution < -0.4 is 4.90 Å². The van der Waals surface area contributed by atoms with Gasteiger partial charge in [-0.15, -0.1) is 11.3 Å². The van der Waals surface area contributed by atoms with Gasteiger partial charge in [-0.05, 0) is 80.4 Å². The fourth-order valence-corrected chi connectivity index (χ4v) is 9.11. The van der Waals surface area contributed by atoms with E-state index in [4.69, 9.17) is 0 Å². The van der Waals surface area contributed by atoms with Gasteiger partial charge in [-0.25, -0.2) is 0 Å². The Morgan fingerprint density at radius 2 is 0.923 bits per heavy atom. The molecule has 0 unspecified atom stereocenters. The van der Waals surface area contributed by atoms with Crippen molar-refractivity contribution in [3.8, 4) is 33.4 Å². The summed E-state index contributed by atoms with van der Waals surface area (Å²) in [6, 6.07) is 72.8. The topological polar surface area (TPSA) is 3.24 Å². The Morgan fingerprint density at radius 3 is 1.75 bits per heavy atom. The van der Waals surface area contributed by atoms with Gasteiger partial charge in [-0.1, -0.05) is 164 Å². The summed E-state index contributed by atoms with van der Waals surface area (Å²) >= 11 is 1.89. The van der Waals surface area contributed by atoms with E-state index in [9.17, 15) is 0 Å². The highest BCUT2D eigenvalue weighted by molar-refractivity contribution is 7.26. The van der Waals surface area contributed by atoms with E-state index in [1.807, 2.05) is 11.3 Å². The molecule has 0 aliphatic heterocycles. The molecular formula is C50H33NS. The number of rotatable bonds is 6. The third-order valence-electron chi connectivity index (χ3n) is 10.3. The van der Waals surface area contributed by atoms with Crippen molar-refractivity contribution >= 4 is 70.1 Å². The number of hydrogen-bond donors (Lipinski definition) is 0. The average Bonchev–Trinajstić information content (AvgIpc) is 3.61. The van der Waals surface area contributed by atoms with E-state index in [-0.39, 0.29) is 0 Å². The highest BCUT2D eigenvalue weighted by Gasteiger charge is 2.23. The fourth-order valence-electron chi connectivity index (χ4n) is 7.87. The Labute approximate surface area is 307 Å². The first-order chi connectivity index (χ1) is 25.8. The van der Waals surface area contributed by atoms with Gasteiger partial charge < -0.3 is 4.90 Å². The van der Waals surface area contributed by atoms with Crippen LogP contribution in [0.2, 0.25) is 0 Å². The molecule has 0 N–H and O–H groups in total. The zero-order valence-corrected chi connectivity index (χ0v) is 29.2. The lowest BCUT2D eigenvalue weighted by Gasteiger charge is -2.28. The lowest BCUT2D eigenvalue weighted by molar-refractivity contribution is 1.30. The summed E-state index contributed by atoms with van der Waals surface area (Å²) in [6.45, 7) is 0. The molecule has 10 aromatic rings. The molecule has 1 nitrogen and oxygen atoms in total. The molecule has 9 aromatic carbocycles. The molecule has 10 rings (SSSR count). The molecule has 0 aliphatic carbocycles. The minimum atomic E-state index is 1.12. The van der Waals surface area contributed by atoms with E-state index >= 15 is 0 Å². The first-order valence-corrected chi connectivity index (χ1v) is 18.6. The van der Waals surface area contributed by atoms with Crippen molar-refractivity contribution in [3.05, 3.63) is 200 Å². The van der Waals surface area contributed by atoms with Crippen LogP contribution in [0.25, 0.3) is 75.1 Å². The second kappa shape index (κ2) is 12.7. The van der Waals surface area contributed by atoms with Crippen LogP contribution in [0.5, 0.6) is 0 Å². The molecule has 0 saturated heterocycles. The van der Waals surface area contributed by atoms with Crippen molar-refractivity contribution in [2.75, 3.05) is 4.90 Å². The Morgan fingerprint density at radius 1 is 0.346 bits per heavy atom. The summed E-state index contributed by atoms with van der Waals surface area (Å²) in [5, 5.41) is 7.65. The van der Waals surface area contributed by atoms with Gasteiger partial charge in [0.05, 0.1) is 11.4 Å². The number of benzene rings is 9. The number of anilines is 3. The second-order valence-electron chi connectivity index (χ2n) is 13.3. The first-order valence-electron chi connectivity index (χ1n) is 17.8. The van der Waals surface area contributed by atoms with E-state index in [1.165, 1.54) is 80.8 Å². The van der Waals surface area contributed by atoms with Gasteiger partial charge in [0, 0.05) is 36.8 Å². The maximum atomic E-state index is 2.46. The van der Waals surface area contributed by atoms with Crippen molar-refractivity contribution < 1.29 is 0 Å².